The fraction of sp³-hybridized carbons (Fsp3) is 0.542. The second kappa shape index (κ2) is 10.0. The normalized spacial score (nSPS) is 13.3. The van der Waals surface area contributed by atoms with Crippen molar-refractivity contribution in [1.82, 2.24) is 0 Å². The Morgan fingerprint density at radius 3 is 2.21 bits per heavy atom. The van der Waals surface area contributed by atoms with Crippen molar-refractivity contribution in [3.63, 3.8) is 0 Å². The molecule has 0 fully saturated rings. The summed E-state index contributed by atoms with van der Waals surface area (Å²) in [6.45, 7) is 15.7. The van der Waals surface area contributed by atoms with Crippen LogP contribution in [0.15, 0.2) is 30.4 Å². The van der Waals surface area contributed by atoms with Crippen LogP contribution in [0, 0.1) is 0 Å². The standard InChI is InChI=1S/C24H34F2O3/c1-9-28-21(27)12-10-11-16(2)18-13-17(23(3,4)5)14-19(24(6,7)8)22(18)29-15-20(25)26/h10-14,20H,9,15H2,1-8H3/b12-10+,16-11+. The van der Waals surface area contributed by atoms with Gasteiger partial charge in [-0.3, -0.25) is 0 Å². The number of rotatable bonds is 7. The van der Waals surface area contributed by atoms with E-state index in [0.717, 1.165) is 22.3 Å². The van der Waals surface area contributed by atoms with Gasteiger partial charge in [0.05, 0.1) is 6.61 Å². The van der Waals surface area contributed by atoms with Crippen LogP contribution >= 0.6 is 0 Å². The number of hydrogen-bond acceptors (Lipinski definition) is 3. The minimum Gasteiger partial charge on any atom is -0.487 e. The first kappa shape index (κ1) is 24.9. The van der Waals surface area contributed by atoms with Crippen LogP contribution in [0.3, 0.4) is 0 Å². The highest BCUT2D eigenvalue weighted by atomic mass is 19.3. The molecule has 0 aromatic heterocycles. The molecule has 0 spiro atoms. The maximum Gasteiger partial charge on any atom is 0.330 e. The van der Waals surface area contributed by atoms with Gasteiger partial charge in [-0.1, -0.05) is 59.8 Å². The van der Waals surface area contributed by atoms with Gasteiger partial charge in [-0.2, -0.15) is 0 Å². The van der Waals surface area contributed by atoms with Gasteiger partial charge in [0.15, 0.2) is 0 Å². The molecule has 0 saturated heterocycles. The SMILES string of the molecule is CCOC(=O)/C=C/C=C(\C)c1cc(C(C)(C)C)cc(C(C)(C)C)c1OCC(F)F. The van der Waals surface area contributed by atoms with Gasteiger partial charge in [-0.15, -0.1) is 0 Å². The van der Waals surface area contributed by atoms with Crippen molar-refractivity contribution in [2.45, 2.75) is 72.6 Å². The third-order valence-corrected chi connectivity index (χ3v) is 4.41. The van der Waals surface area contributed by atoms with E-state index in [9.17, 15) is 13.6 Å². The predicted octanol–water partition coefficient (Wildman–Crippen LogP) is 6.45. The number of carbonyl (C=O) groups is 1. The lowest BCUT2D eigenvalue weighted by atomic mass is 9.78. The molecule has 0 aliphatic rings. The number of carbonyl (C=O) groups excluding carboxylic acids is 1. The van der Waals surface area contributed by atoms with E-state index in [1.54, 1.807) is 19.1 Å². The highest BCUT2D eigenvalue weighted by Gasteiger charge is 2.27. The maximum atomic E-state index is 12.9. The number of allylic oxidation sites excluding steroid dienone is 3. The third-order valence-electron chi connectivity index (χ3n) is 4.41. The van der Waals surface area contributed by atoms with E-state index in [2.05, 4.69) is 20.8 Å². The molecule has 0 N–H and O–H groups in total. The van der Waals surface area contributed by atoms with E-state index in [4.69, 9.17) is 9.47 Å². The Morgan fingerprint density at radius 1 is 1.10 bits per heavy atom. The lowest BCUT2D eigenvalue weighted by Gasteiger charge is -2.29. The van der Waals surface area contributed by atoms with E-state index >= 15 is 0 Å². The molecule has 0 saturated carbocycles. The predicted molar refractivity (Wildman–Crippen MR) is 115 cm³/mol. The molecule has 0 bridgehead atoms. The highest BCUT2D eigenvalue weighted by molar-refractivity contribution is 5.83. The second-order valence-electron chi connectivity index (χ2n) is 9.06. The molecule has 29 heavy (non-hydrogen) atoms. The summed E-state index contributed by atoms with van der Waals surface area (Å²) in [6, 6.07) is 4.03. The molecular formula is C24H34F2O3. The van der Waals surface area contributed by atoms with Crippen molar-refractivity contribution >= 4 is 11.5 Å². The Balaban J connectivity index is 3.60. The molecule has 3 nitrogen and oxygen atoms in total. The van der Waals surface area contributed by atoms with Crippen molar-refractivity contribution in [1.29, 1.82) is 0 Å². The van der Waals surface area contributed by atoms with Crippen molar-refractivity contribution in [3.05, 3.63) is 47.1 Å². The van der Waals surface area contributed by atoms with Gasteiger partial charge in [0.1, 0.15) is 12.4 Å². The van der Waals surface area contributed by atoms with Crippen molar-refractivity contribution in [2.24, 2.45) is 0 Å². The van der Waals surface area contributed by atoms with Gasteiger partial charge in [0.2, 0.25) is 0 Å². The first-order valence-electron chi connectivity index (χ1n) is 9.89. The molecule has 0 aliphatic carbocycles. The monoisotopic (exact) mass is 408 g/mol. The summed E-state index contributed by atoms with van der Waals surface area (Å²) in [5.41, 5.74) is 3.10. The van der Waals surface area contributed by atoms with Gasteiger partial charge in [0.25, 0.3) is 6.43 Å². The average Bonchev–Trinajstić information content (AvgIpc) is 2.57. The van der Waals surface area contributed by atoms with Crippen molar-refractivity contribution in [2.75, 3.05) is 13.2 Å². The number of halogens is 2. The Morgan fingerprint density at radius 2 is 1.72 bits per heavy atom. The molecule has 0 amide bonds. The maximum absolute atomic E-state index is 12.9. The number of esters is 1. The summed E-state index contributed by atoms with van der Waals surface area (Å²) in [5, 5.41) is 0. The zero-order chi connectivity index (χ0) is 22.4. The van der Waals surface area contributed by atoms with E-state index in [-0.39, 0.29) is 10.8 Å². The molecule has 0 atom stereocenters. The number of alkyl halides is 2. The Labute approximate surface area is 173 Å². The van der Waals surface area contributed by atoms with Crippen LogP contribution in [0.25, 0.3) is 5.57 Å². The van der Waals surface area contributed by atoms with E-state index in [1.807, 2.05) is 39.8 Å². The van der Waals surface area contributed by atoms with Crippen LogP contribution in [0.1, 0.15) is 72.1 Å². The summed E-state index contributed by atoms with van der Waals surface area (Å²) in [6.07, 6.45) is 2.14. The molecule has 0 heterocycles. The Kier molecular flexibility index (Phi) is 8.61. The quantitative estimate of drug-likeness (QED) is 0.295. The van der Waals surface area contributed by atoms with E-state index in [1.165, 1.54) is 6.08 Å². The minimum absolute atomic E-state index is 0.128. The molecule has 0 aliphatic heterocycles. The first-order valence-corrected chi connectivity index (χ1v) is 9.89. The van der Waals surface area contributed by atoms with Gasteiger partial charge in [-0.25, -0.2) is 13.6 Å². The molecular weight excluding hydrogens is 374 g/mol. The molecule has 5 heteroatoms. The second-order valence-corrected chi connectivity index (χ2v) is 9.06. The van der Waals surface area contributed by atoms with Crippen LogP contribution in [0.4, 0.5) is 8.78 Å². The van der Waals surface area contributed by atoms with Gasteiger partial charge < -0.3 is 9.47 Å². The lowest BCUT2D eigenvalue weighted by Crippen LogP contribution is -2.20. The first-order chi connectivity index (χ1) is 13.3. The summed E-state index contributed by atoms with van der Waals surface area (Å²) < 4.78 is 36.3. The highest BCUT2D eigenvalue weighted by Crippen LogP contribution is 2.41. The minimum atomic E-state index is -2.56. The third kappa shape index (κ3) is 7.64. The van der Waals surface area contributed by atoms with Crippen LogP contribution in [0.2, 0.25) is 0 Å². The molecule has 0 radical (unpaired) electrons. The number of hydrogen-bond donors (Lipinski definition) is 0. The fourth-order valence-electron chi connectivity index (χ4n) is 2.76. The number of ether oxygens (including phenoxy) is 2. The largest absolute Gasteiger partial charge is 0.487 e. The van der Waals surface area contributed by atoms with E-state index in [0.29, 0.717) is 12.4 Å². The molecule has 162 valence electrons. The topological polar surface area (TPSA) is 35.5 Å². The summed E-state index contributed by atoms with van der Waals surface area (Å²) in [4.78, 5) is 11.5. The van der Waals surface area contributed by atoms with Gasteiger partial charge in [-0.05, 0) is 41.9 Å². The molecule has 1 aromatic rings. The van der Waals surface area contributed by atoms with E-state index < -0.39 is 19.0 Å². The molecule has 1 aromatic carbocycles. The Bertz CT molecular complexity index is 764. The fourth-order valence-corrected chi connectivity index (χ4v) is 2.76. The van der Waals surface area contributed by atoms with Crippen LogP contribution in [-0.2, 0) is 20.4 Å². The van der Waals surface area contributed by atoms with Gasteiger partial charge >= 0.3 is 5.97 Å². The zero-order valence-electron chi connectivity index (χ0n) is 18.9. The van der Waals surface area contributed by atoms with Gasteiger partial charge in [0, 0.05) is 17.2 Å². The van der Waals surface area contributed by atoms with Crippen LogP contribution in [-0.4, -0.2) is 25.6 Å². The lowest BCUT2D eigenvalue weighted by molar-refractivity contribution is -0.137. The molecule has 1 rings (SSSR count). The van der Waals surface area contributed by atoms with Crippen molar-refractivity contribution in [3.8, 4) is 5.75 Å². The van der Waals surface area contributed by atoms with Crippen molar-refractivity contribution < 1.29 is 23.0 Å². The average molecular weight is 409 g/mol. The Hall–Kier alpha value is -2.17. The number of benzene rings is 1. The summed E-state index contributed by atoms with van der Waals surface area (Å²) in [5.74, 6) is 0.0358. The molecule has 0 unspecified atom stereocenters. The smallest absolute Gasteiger partial charge is 0.330 e. The van der Waals surface area contributed by atoms with Crippen LogP contribution in [0.5, 0.6) is 5.75 Å². The summed E-state index contributed by atoms with van der Waals surface area (Å²) >= 11 is 0. The zero-order valence-corrected chi connectivity index (χ0v) is 18.9. The summed E-state index contributed by atoms with van der Waals surface area (Å²) in [7, 11) is 0. The van der Waals surface area contributed by atoms with Crippen LogP contribution < -0.4 is 4.74 Å².